The molecule has 0 saturated carbocycles. The molecule has 1 fully saturated rings. The highest BCUT2D eigenvalue weighted by atomic mass is 32.2. The van der Waals surface area contributed by atoms with Gasteiger partial charge in [-0.25, -0.2) is 0 Å². The Morgan fingerprint density at radius 2 is 1.69 bits per heavy atom. The lowest BCUT2D eigenvalue weighted by Crippen LogP contribution is -2.38. The molecule has 1 N–H and O–H groups in total. The van der Waals surface area contributed by atoms with E-state index < -0.39 is 22.3 Å². The van der Waals surface area contributed by atoms with Crippen LogP contribution in [-0.2, 0) is 25.5 Å². The summed E-state index contributed by atoms with van der Waals surface area (Å²) in [5.41, 5.74) is 2.31. The van der Waals surface area contributed by atoms with Gasteiger partial charge >= 0.3 is 0 Å². The van der Waals surface area contributed by atoms with Crippen LogP contribution < -0.4 is 0 Å². The fourth-order valence-corrected chi connectivity index (χ4v) is 4.60. The van der Waals surface area contributed by atoms with Crippen LogP contribution in [0.2, 0.25) is 0 Å². The van der Waals surface area contributed by atoms with E-state index in [1.165, 1.54) is 17.7 Å². The van der Waals surface area contributed by atoms with E-state index in [-0.39, 0.29) is 17.6 Å². The summed E-state index contributed by atoms with van der Waals surface area (Å²) in [6.45, 7) is 1.82. The van der Waals surface area contributed by atoms with Gasteiger partial charge in [0.05, 0.1) is 29.8 Å². The van der Waals surface area contributed by atoms with Gasteiger partial charge in [-0.15, -0.1) is 0 Å². The minimum atomic E-state index is -3.82. The molecule has 0 amide bonds. The number of rotatable bonds is 9. The maximum Gasteiger partial charge on any atom is 0.297 e. The van der Waals surface area contributed by atoms with E-state index in [1.807, 2.05) is 25.1 Å². The van der Waals surface area contributed by atoms with Crippen molar-refractivity contribution in [2.45, 2.75) is 68.7 Å². The summed E-state index contributed by atoms with van der Waals surface area (Å²) in [6.07, 6.45) is 3.95. The summed E-state index contributed by atoms with van der Waals surface area (Å²) in [5.74, 6) is 0. The Bertz CT molecular complexity index is 849. The Morgan fingerprint density at radius 3 is 2.41 bits per heavy atom. The van der Waals surface area contributed by atoms with Gasteiger partial charge in [0.15, 0.2) is 0 Å². The van der Waals surface area contributed by atoms with Crippen molar-refractivity contribution in [1.29, 1.82) is 0 Å². The van der Waals surface area contributed by atoms with Crippen LogP contribution >= 0.6 is 0 Å². The number of aliphatic hydroxyl groups is 1. The van der Waals surface area contributed by atoms with E-state index >= 15 is 0 Å². The minimum absolute atomic E-state index is 0.0646. The van der Waals surface area contributed by atoms with E-state index in [0.29, 0.717) is 12.8 Å². The van der Waals surface area contributed by atoms with E-state index in [9.17, 15) is 13.5 Å². The Morgan fingerprint density at radius 1 is 1.00 bits per heavy atom. The van der Waals surface area contributed by atoms with Crippen LogP contribution in [0.15, 0.2) is 59.5 Å². The fourth-order valence-electron chi connectivity index (χ4n) is 3.66. The smallest absolute Gasteiger partial charge is 0.297 e. The van der Waals surface area contributed by atoms with Crippen molar-refractivity contribution >= 4 is 10.1 Å². The molecule has 0 aliphatic carbocycles. The highest BCUT2D eigenvalue weighted by Crippen LogP contribution is 2.25. The molecule has 1 aliphatic heterocycles. The van der Waals surface area contributed by atoms with Crippen molar-refractivity contribution in [1.82, 2.24) is 0 Å². The number of aryl methyl sites for hydroxylation is 2. The average Bonchev–Trinajstić information content (AvgIpc) is 2.71. The second kappa shape index (κ2) is 10.3. The molecule has 0 bridgehead atoms. The molecular formula is C23H30O5S. The van der Waals surface area contributed by atoms with Crippen molar-refractivity contribution in [3.8, 4) is 0 Å². The molecule has 158 valence electrons. The Balaban J connectivity index is 1.44. The van der Waals surface area contributed by atoms with Crippen molar-refractivity contribution in [2.24, 2.45) is 0 Å². The summed E-state index contributed by atoms with van der Waals surface area (Å²) >= 11 is 0. The van der Waals surface area contributed by atoms with Crippen LogP contribution in [0.3, 0.4) is 0 Å². The molecule has 0 radical (unpaired) electrons. The number of hydrogen-bond acceptors (Lipinski definition) is 5. The molecule has 3 atom stereocenters. The van der Waals surface area contributed by atoms with Gasteiger partial charge in [0, 0.05) is 6.42 Å². The van der Waals surface area contributed by atoms with Gasteiger partial charge in [-0.1, -0.05) is 54.4 Å². The lowest BCUT2D eigenvalue weighted by molar-refractivity contribution is -0.110. The fraction of sp³-hybridized carbons (Fsp3) is 0.478. The normalized spacial score (nSPS) is 22.5. The first-order chi connectivity index (χ1) is 13.9. The molecule has 29 heavy (non-hydrogen) atoms. The quantitative estimate of drug-likeness (QED) is 0.492. The zero-order valence-electron chi connectivity index (χ0n) is 16.9. The molecule has 1 saturated heterocycles. The van der Waals surface area contributed by atoms with Crippen LogP contribution in [0.5, 0.6) is 0 Å². The lowest BCUT2D eigenvalue weighted by Gasteiger charge is -2.33. The molecule has 2 aromatic carbocycles. The Kier molecular flexibility index (Phi) is 7.84. The summed E-state index contributed by atoms with van der Waals surface area (Å²) in [5, 5.41) is 10.2. The van der Waals surface area contributed by atoms with Crippen LogP contribution in [0, 0.1) is 6.92 Å². The second-order valence-electron chi connectivity index (χ2n) is 7.79. The molecule has 6 heteroatoms. The zero-order valence-corrected chi connectivity index (χ0v) is 17.7. The molecule has 0 spiro atoms. The number of ether oxygens (including phenoxy) is 1. The number of benzene rings is 2. The zero-order chi connectivity index (χ0) is 20.7. The van der Waals surface area contributed by atoms with Gasteiger partial charge in [-0.05, 0) is 50.3 Å². The SMILES string of the molecule is Cc1ccc(S(=O)(=O)OC[C@H]2C[C@@H](O)C[C@@H](CCCCc3ccccc3)O2)cc1. The van der Waals surface area contributed by atoms with E-state index in [0.717, 1.165) is 31.2 Å². The highest BCUT2D eigenvalue weighted by molar-refractivity contribution is 7.86. The lowest BCUT2D eigenvalue weighted by atomic mass is 9.97. The summed E-state index contributed by atoms with van der Waals surface area (Å²) in [6, 6.07) is 16.9. The van der Waals surface area contributed by atoms with Crippen molar-refractivity contribution < 1.29 is 22.4 Å². The van der Waals surface area contributed by atoms with E-state index in [2.05, 4.69) is 12.1 Å². The van der Waals surface area contributed by atoms with E-state index in [1.54, 1.807) is 12.1 Å². The first-order valence-corrected chi connectivity index (χ1v) is 11.7. The summed E-state index contributed by atoms with van der Waals surface area (Å²) < 4.78 is 35.9. The van der Waals surface area contributed by atoms with Gasteiger partial charge in [0.25, 0.3) is 10.1 Å². The van der Waals surface area contributed by atoms with Crippen LogP contribution in [0.1, 0.15) is 43.2 Å². The van der Waals surface area contributed by atoms with E-state index in [4.69, 9.17) is 8.92 Å². The maximum atomic E-state index is 12.4. The van der Waals surface area contributed by atoms with Crippen molar-refractivity contribution in [3.63, 3.8) is 0 Å². The molecular weight excluding hydrogens is 388 g/mol. The monoisotopic (exact) mass is 418 g/mol. The van der Waals surface area contributed by atoms with Gasteiger partial charge in [0.2, 0.25) is 0 Å². The average molecular weight is 419 g/mol. The van der Waals surface area contributed by atoms with Crippen molar-refractivity contribution in [2.75, 3.05) is 6.61 Å². The van der Waals surface area contributed by atoms with Crippen LogP contribution in [0.4, 0.5) is 0 Å². The molecule has 0 unspecified atom stereocenters. The number of unbranched alkanes of at least 4 members (excludes halogenated alkanes) is 1. The molecule has 3 rings (SSSR count). The largest absolute Gasteiger partial charge is 0.393 e. The first kappa shape index (κ1) is 22.0. The third-order valence-electron chi connectivity index (χ3n) is 5.26. The third-order valence-corrected chi connectivity index (χ3v) is 6.55. The standard InChI is InChI=1S/C23H30O5S/c1-18-11-13-23(14-12-18)29(25,26)27-17-22-16-20(24)15-21(28-22)10-6-5-9-19-7-3-2-4-8-19/h2-4,7-8,11-14,20-22,24H,5-6,9-10,15-17H2,1H3/t20-,21+,22+/m0/s1. The predicted octanol–water partition coefficient (Wildman–Crippen LogP) is 4.02. The molecule has 1 heterocycles. The Hall–Kier alpha value is -1.73. The third kappa shape index (κ3) is 6.93. The Labute approximate surface area is 173 Å². The van der Waals surface area contributed by atoms with Gasteiger partial charge < -0.3 is 9.84 Å². The van der Waals surface area contributed by atoms with Gasteiger partial charge in [-0.3, -0.25) is 4.18 Å². The predicted molar refractivity (Wildman–Crippen MR) is 112 cm³/mol. The number of aliphatic hydroxyl groups excluding tert-OH is 1. The highest BCUT2D eigenvalue weighted by Gasteiger charge is 2.29. The van der Waals surface area contributed by atoms with Gasteiger partial charge in [-0.2, -0.15) is 8.42 Å². The van der Waals surface area contributed by atoms with Crippen molar-refractivity contribution in [3.05, 3.63) is 65.7 Å². The summed E-state index contributed by atoms with van der Waals surface area (Å²) in [4.78, 5) is 0.136. The molecule has 2 aromatic rings. The van der Waals surface area contributed by atoms with Crippen LogP contribution in [-0.4, -0.2) is 38.4 Å². The van der Waals surface area contributed by atoms with Gasteiger partial charge in [0.1, 0.15) is 0 Å². The molecule has 1 aliphatic rings. The first-order valence-electron chi connectivity index (χ1n) is 10.3. The molecule has 0 aromatic heterocycles. The molecule has 5 nitrogen and oxygen atoms in total. The maximum absolute atomic E-state index is 12.4. The topological polar surface area (TPSA) is 72.8 Å². The second-order valence-corrected chi connectivity index (χ2v) is 9.40. The number of hydrogen-bond donors (Lipinski definition) is 1. The van der Waals surface area contributed by atoms with Crippen LogP contribution in [0.25, 0.3) is 0 Å². The summed E-state index contributed by atoms with van der Waals surface area (Å²) in [7, 11) is -3.82. The minimum Gasteiger partial charge on any atom is -0.393 e.